The van der Waals surface area contributed by atoms with Crippen molar-refractivity contribution in [2.24, 2.45) is 0 Å². The van der Waals surface area contributed by atoms with Crippen LogP contribution in [-0.2, 0) is 0 Å². The van der Waals surface area contributed by atoms with Crippen LogP contribution < -0.4 is 0 Å². The Hall–Kier alpha value is -1.75. The van der Waals surface area contributed by atoms with Crippen molar-refractivity contribution in [3.63, 3.8) is 0 Å². The maximum absolute atomic E-state index is 12.2. The van der Waals surface area contributed by atoms with Gasteiger partial charge in [0.15, 0.2) is 5.78 Å². The van der Waals surface area contributed by atoms with Crippen LogP contribution in [0.15, 0.2) is 24.3 Å². The molecule has 20 heavy (non-hydrogen) atoms. The smallest absolute Gasteiger partial charge is 0.269 e. The topological polar surface area (TPSA) is 63.5 Å². The molecule has 0 radical (unpaired) electrons. The quantitative estimate of drug-likeness (QED) is 0.416. The second kappa shape index (κ2) is 6.61. The Bertz CT molecular complexity index is 480. The highest BCUT2D eigenvalue weighted by Crippen LogP contribution is 2.27. The summed E-state index contributed by atoms with van der Waals surface area (Å²) >= 11 is 0. The molecule has 0 aromatic heterocycles. The first-order valence-electron chi connectivity index (χ1n) is 7.13. The minimum atomic E-state index is -0.452. The maximum Gasteiger partial charge on any atom is 0.269 e. The van der Waals surface area contributed by atoms with Crippen molar-refractivity contribution in [3.8, 4) is 0 Å². The molecule has 0 amide bonds. The van der Waals surface area contributed by atoms with Crippen LogP contribution in [0.1, 0.15) is 43.0 Å². The van der Waals surface area contributed by atoms with Gasteiger partial charge in [0.2, 0.25) is 0 Å². The van der Waals surface area contributed by atoms with E-state index in [1.165, 1.54) is 25.0 Å². The van der Waals surface area contributed by atoms with Gasteiger partial charge >= 0.3 is 0 Å². The molecule has 0 bridgehead atoms. The van der Waals surface area contributed by atoms with Gasteiger partial charge in [-0.2, -0.15) is 0 Å². The van der Waals surface area contributed by atoms with Gasteiger partial charge in [-0.05, 0) is 37.9 Å². The van der Waals surface area contributed by atoms with Crippen molar-refractivity contribution in [2.75, 3.05) is 13.1 Å². The SMILES string of the molecule is CCCCN(CC(=O)c1ccc([N+](=O)[O-])cc1)C1CC1. The molecule has 1 aromatic rings. The van der Waals surface area contributed by atoms with E-state index in [0.717, 1.165) is 19.4 Å². The fraction of sp³-hybridized carbons (Fsp3) is 0.533. The number of carbonyl (C=O) groups excluding carboxylic acids is 1. The zero-order valence-corrected chi connectivity index (χ0v) is 11.7. The van der Waals surface area contributed by atoms with E-state index in [-0.39, 0.29) is 11.5 Å². The van der Waals surface area contributed by atoms with E-state index in [0.29, 0.717) is 18.2 Å². The van der Waals surface area contributed by atoms with Crippen LogP contribution in [0, 0.1) is 10.1 Å². The lowest BCUT2D eigenvalue weighted by Crippen LogP contribution is -2.32. The van der Waals surface area contributed by atoms with Crippen LogP contribution in [0.25, 0.3) is 0 Å². The molecule has 1 fully saturated rings. The van der Waals surface area contributed by atoms with E-state index >= 15 is 0 Å². The van der Waals surface area contributed by atoms with E-state index in [2.05, 4.69) is 11.8 Å². The summed E-state index contributed by atoms with van der Waals surface area (Å²) in [6, 6.07) is 6.43. The average molecular weight is 276 g/mol. The molecule has 1 aliphatic carbocycles. The number of nitro groups is 1. The first-order chi connectivity index (χ1) is 9.61. The van der Waals surface area contributed by atoms with Crippen molar-refractivity contribution < 1.29 is 9.72 Å². The predicted octanol–water partition coefficient (Wildman–Crippen LogP) is 3.04. The fourth-order valence-electron chi connectivity index (χ4n) is 2.24. The summed E-state index contributed by atoms with van der Waals surface area (Å²) in [5, 5.41) is 10.6. The number of nitrogens with zero attached hydrogens (tertiary/aromatic N) is 2. The summed E-state index contributed by atoms with van der Waals surface area (Å²) in [5.74, 6) is 0.0444. The Kier molecular flexibility index (Phi) is 4.84. The molecular formula is C15H20N2O3. The molecule has 0 saturated heterocycles. The average Bonchev–Trinajstić information content (AvgIpc) is 3.27. The van der Waals surface area contributed by atoms with Crippen molar-refractivity contribution in [1.82, 2.24) is 4.90 Å². The highest BCUT2D eigenvalue weighted by Gasteiger charge is 2.29. The van der Waals surface area contributed by atoms with Crippen LogP contribution >= 0.6 is 0 Å². The van der Waals surface area contributed by atoms with Crippen molar-refractivity contribution in [3.05, 3.63) is 39.9 Å². The van der Waals surface area contributed by atoms with E-state index in [1.54, 1.807) is 12.1 Å². The number of hydrogen-bond donors (Lipinski definition) is 0. The molecule has 1 aliphatic rings. The largest absolute Gasteiger partial charge is 0.293 e. The summed E-state index contributed by atoms with van der Waals surface area (Å²) < 4.78 is 0. The van der Waals surface area contributed by atoms with Gasteiger partial charge in [-0.1, -0.05) is 13.3 Å². The monoisotopic (exact) mass is 276 g/mol. The van der Waals surface area contributed by atoms with Gasteiger partial charge < -0.3 is 0 Å². The zero-order valence-electron chi connectivity index (χ0n) is 11.7. The molecule has 0 spiro atoms. The molecule has 0 atom stereocenters. The molecule has 5 nitrogen and oxygen atoms in total. The standard InChI is InChI=1S/C15H20N2O3/c1-2-3-10-16(13-8-9-13)11-15(18)12-4-6-14(7-5-12)17(19)20/h4-7,13H,2-3,8-11H2,1H3. The van der Waals surface area contributed by atoms with E-state index < -0.39 is 4.92 Å². The number of nitro benzene ring substituents is 1. The fourth-order valence-corrected chi connectivity index (χ4v) is 2.24. The van der Waals surface area contributed by atoms with Crippen LogP contribution in [-0.4, -0.2) is 34.7 Å². The summed E-state index contributed by atoms with van der Waals surface area (Å²) in [4.78, 5) is 24.6. The molecular weight excluding hydrogens is 256 g/mol. The van der Waals surface area contributed by atoms with Gasteiger partial charge in [0.25, 0.3) is 5.69 Å². The number of ketones is 1. The third kappa shape index (κ3) is 3.87. The second-order valence-electron chi connectivity index (χ2n) is 5.28. The molecule has 5 heteroatoms. The minimum Gasteiger partial charge on any atom is -0.293 e. The molecule has 1 aromatic carbocycles. The highest BCUT2D eigenvalue weighted by atomic mass is 16.6. The van der Waals surface area contributed by atoms with Gasteiger partial charge in [0, 0.05) is 23.7 Å². The van der Waals surface area contributed by atoms with Gasteiger partial charge in [-0.15, -0.1) is 0 Å². The zero-order chi connectivity index (χ0) is 14.5. The van der Waals surface area contributed by atoms with Gasteiger partial charge in [0.05, 0.1) is 11.5 Å². The lowest BCUT2D eigenvalue weighted by molar-refractivity contribution is -0.384. The number of non-ortho nitro benzene ring substituents is 1. The maximum atomic E-state index is 12.2. The van der Waals surface area contributed by atoms with Crippen LogP contribution in [0.3, 0.4) is 0 Å². The minimum absolute atomic E-state index is 0.0200. The Morgan fingerprint density at radius 2 is 2.00 bits per heavy atom. The molecule has 0 heterocycles. The van der Waals surface area contributed by atoms with Crippen LogP contribution in [0.2, 0.25) is 0 Å². The van der Waals surface area contributed by atoms with E-state index in [1.807, 2.05) is 0 Å². The summed E-state index contributed by atoms with van der Waals surface area (Å²) in [6.45, 7) is 3.52. The van der Waals surface area contributed by atoms with Crippen molar-refractivity contribution >= 4 is 11.5 Å². The normalized spacial score (nSPS) is 14.5. The number of carbonyl (C=O) groups is 1. The Labute approximate surface area is 118 Å². The number of Topliss-reactive ketones (excluding diaryl/α,β-unsaturated/α-hetero) is 1. The van der Waals surface area contributed by atoms with Crippen molar-refractivity contribution in [2.45, 2.75) is 38.6 Å². The Balaban J connectivity index is 1.97. The summed E-state index contributed by atoms with van der Waals surface area (Å²) in [7, 11) is 0. The van der Waals surface area contributed by atoms with E-state index in [9.17, 15) is 14.9 Å². The number of unbranched alkanes of at least 4 members (excludes halogenated alkanes) is 1. The lowest BCUT2D eigenvalue weighted by Gasteiger charge is -2.20. The van der Waals surface area contributed by atoms with Gasteiger partial charge in [-0.25, -0.2) is 0 Å². The van der Waals surface area contributed by atoms with Gasteiger partial charge in [-0.3, -0.25) is 19.8 Å². The second-order valence-corrected chi connectivity index (χ2v) is 5.28. The van der Waals surface area contributed by atoms with Crippen molar-refractivity contribution in [1.29, 1.82) is 0 Å². The summed E-state index contributed by atoms with van der Waals surface area (Å²) in [6.07, 6.45) is 4.58. The number of rotatable bonds is 8. The highest BCUT2D eigenvalue weighted by molar-refractivity contribution is 5.97. The van der Waals surface area contributed by atoms with E-state index in [4.69, 9.17) is 0 Å². The molecule has 108 valence electrons. The number of benzene rings is 1. The first kappa shape index (κ1) is 14.7. The molecule has 2 rings (SSSR count). The Morgan fingerprint density at radius 3 is 2.50 bits per heavy atom. The van der Waals surface area contributed by atoms with Crippen LogP contribution in [0.4, 0.5) is 5.69 Å². The summed E-state index contributed by atoms with van der Waals surface area (Å²) in [5.41, 5.74) is 0.573. The third-order valence-corrected chi connectivity index (χ3v) is 3.61. The molecule has 0 aliphatic heterocycles. The van der Waals surface area contributed by atoms with Crippen LogP contribution in [0.5, 0.6) is 0 Å². The first-order valence-corrected chi connectivity index (χ1v) is 7.13. The Morgan fingerprint density at radius 1 is 1.35 bits per heavy atom. The number of hydrogen-bond acceptors (Lipinski definition) is 4. The van der Waals surface area contributed by atoms with Gasteiger partial charge in [0.1, 0.15) is 0 Å². The molecule has 0 N–H and O–H groups in total. The lowest BCUT2D eigenvalue weighted by atomic mass is 10.1. The predicted molar refractivity (Wildman–Crippen MR) is 76.9 cm³/mol. The third-order valence-electron chi connectivity index (χ3n) is 3.61. The molecule has 1 saturated carbocycles. The molecule has 0 unspecified atom stereocenters.